The Morgan fingerprint density at radius 2 is 2.19 bits per heavy atom. The van der Waals surface area contributed by atoms with E-state index in [0.29, 0.717) is 6.54 Å². The maximum atomic E-state index is 5.55. The molecule has 0 aromatic carbocycles. The highest BCUT2D eigenvalue weighted by molar-refractivity contribution is 5.03. The van der Waals surface area contributed by atoms with Gasteiger partial charge < -0.3 is 10.3 Å². The Balaban J connectivity index is 1.99. The van der Waals surface area contributed by atoms with E-state index in [1.807, 2.05) is 36.5 Å². The normalized spacial score (nSPS) is 10.9. The molecule has 0 bridgehead atoms. The number of rotatable bonds is 5. The zero-order chi connectivity index (χ0) is 11.4. The van der Waals surface area contributed by atoms with E-state index in [4.69, 9.17) is 5.73 Å². The van der Waals surface area contributed by atoms with Gasteiger partial charge in [-0.1, -0.05) is 0 Å². The molecule has 0 aliphatic rings. The zero-order valence-electron chi connectivity index (χ0n) is 9.50. The minimum atomic E-state index is 0.664. The second-order valence-corrected chi connectivity index (χ2v) is 3.81. The Morgan fingerprint density at radius 3 is 2.88 bits per heavy atom. The SMILES string of the molecule is Cn1nccc1CCn1cncc1CCN. The number of hydrogen-bond donors (Lipinski definition) is 1. The van der Waals surface area contributed by atoms with Crippen molar-refractivity contribution in [3.63, 3.8) is 0 Å². The summed E-state index contributed by atoms with van der Waals surface area (Å²) in [5.74, 6) is 0. The Morgan fingerprint density at radius 1 is 1.31 bits per heavy atom. The molecule has 2 N–H and O–H groups in total. The molecular formula is C11H17N5. The number of hydrogen-bond acceptors (Lipinski definition) is 3. The third-order valence-electron chi connectivity index (χ3n) is 2.73. The minimum absolute atomic E-state index is 0.664. The minimum Gasteiger partial charge on any atom is -0.334 e. The third-order valence-corrected chi connectivity index (χ3v) is 2.73. The second kappa shape index (κ2) is 4.94. The Labute approximate surface area is 94.9 Å². The molecule has 0 saturated heterocycles. The average Bonchev–Trinajstić information content (AvgIpc) is 2.86. The topological polar surface area (TPSA) is 61.7 Å². The standard InChI is InChI=1S/C11H17N5/c1-15-10(3-6-14-15)4-7-16-9-13-8-11(16)2-5-12/h3,6,8-9H,2,4-5,7,12H2,1H3. The molecule has 5 heteroatoms. The fraction of sp³-hybridized carbons (Fsp3) is 0.455. The van der Waals surface area contributed by atoms with Gasteiger partial charge in [-0.2, -0.15) is 5.10 Å². The summed E-state index contributed by atoms with van der Waals surface area (Å²) in [4.78, 5) is 4.15. The quantitative estimate of drug-likeness (QED) is 0.790. The molecule has 2 heterocycles. The Hall–Kier alpha value is -1.62. The fourth-order valence-corrected chi connectivity index (χ4v) is 1.79. The summed E-state index contributed by atoms with van der Waals surface area (Å²) in [6.07, 6.45) is 7.41. The van der Waals surface area contributed by atoms with E-state index in [-0.39, 0.29) is 0 Å². The van der Waals surface area contributed by atoms with Crippen molar-refractivity contribution in [2.45, 2.75) is 19.4 Å². The summed E-state index contributed by atoms with van der Waals surface area (Å²) >= 11 is 0. The van der Waals surface area contributed by atoms with Crippen molar-refractivity contribution in [1.29, 1.82) is 0 Å². The van der Waals surface area contributed by atoms with Crippen molar-refractivity contribution < 1.29 is 0 Å². The molecule has 86 valence electrons. The van der Waals surface area contributed by atoms with E-state index >= 15 is 0 Å². The van der Waals surface area contributed by atoms with Gasteiger partial charge in [0.15, 0.2) is 0 Å². The lowest BCUT2D eigenvalue weighted by molar-refractivity contribution is 0.617. The van der Waals surface area contributed by atoms with Gasteiger partial charge in [0.25, 0.3) is 0 Å². The molecule has 0 radical (unpaired) electrons. The molecule has 0 fully saturated rings. The maximum Gasteiger partial charge on any atom is 0.0948 e. The van der Waals surface area contributed by atoms with Crippen molar-refractivity contribution in [1.82, 2.24) is 19.3 Å². The molecule has 5 nitrogen and oxygen atoms in total. The van der Waals surface area contributed by atoms with Gasteiger partial charge in [0, 0.05) is 50.2 Å². The van der Waals surface area contributed by atoms with E-state index in [2.05, 4.69) is 14.6 Å². The Kier molecular flexibility index (Phi) is 3.36. The first-order valence-corrected chi connectivity index (χ1v) is 5.47. The van der Waals surface area contributed by atoms with Crippen molar-refractivity contribution in [3.05, 3.63) is 36.2 Å². The maximum absolute atomic E-state index is 5.55. The summed E-state index contributed by atoms with van der Waals surface area (Å²) in [5, 5.41) is 4.15. The molecule has 0 unspecified atom stereocenters. The monoisotopic (exact) mass is 219 g/mol. The summed E-state index contributed by atoms with van der Waals surface area (Å²) in [6.45, 7) is 1.59. The number of aromatic nitrogens is 4. The average molecular weight is 219 g/mol. The largest absolute Gasteiger partial charge is 0.334 e. The van der Waals surface area contributed by atoms with Crippen LogP contribution in [0.15, 0.2) is 24.8 Å². The summed E-state index contributed by atoms with van der Waals surface area (Å²) in [6, 6.07) is 2.04. The van der Waals surface area contributed by atoms with Crippen molar-refractivity contribution in [2.24, 2.45) is 12.8 Å². The van der Waals surface area contributed by atoms with Crippen LogP contribution in [0.2, 0.25) is 0 Å². The molecule has 0 spiro atoms. The van der Waals surface area contributed by atoms with Crippen LogP contribution in [-0.4, -0.2) is 25.9 Å². The molecule has 0 aliphatic carbocycles. The summed E-state index contributed by atoms with van der Waals surface area (Å²) < 4.78 is 4.05. The first-order chi connectivity index (χ1) is 7.81. The van der Waals surface area contributed by atoms with Crippen LogP contribution in [0.4, 0.5) is 0 Å². The van der Waals surface area contributed by atoms with Crippen molar-refractivity contribution in [2.75, 3.05) is 6.54 Å². The first kappa shape index (κ1) is 10.9. The lowest BCUT2D eigenvalue weighted by Crippen LogP contribution is -2.11. The smallest absolute Gasteiger partial charge is 0.0948 e. The Bertz CT molecular complexity index is 443. The predicted octanol–water partition coefficient (Wildman–Crippen LogP) is 0.361. The highest BCUT2D eigenvalue weighted by Gasteiger charge is 2.03. The molecule has 2 rings (SSSR count). The van der Waals surface area contributed by atoms with Crippen LogP contribution in [0.5, 0.6) is 0 Å². The lowest BCUT2D eigenvalue weighted by Gasteiger charge is -2.07. The molecular weight excluding hydrogens is 202 g/mol. The van der Waals surface area contributed by atoms with Crippen LogP contribution < -0.4 is 5.73 Å². The first-order valence-electron chi connectivity index (χ1n) is 5.47. The van der Waals surface area contributed by atoms with E-state index in [1.54, 1.807) is 0 Å². The van der Waals surface area contributed by atoms with Gasteiger partial charge in [0.1, 0.15) is 0 Å². The highest BCUT2D eigenvalue weighted by atomic mass is 15.3. The van der Waals surface area contributed by atoms with Crippen molar-refractivity contribution >= 4 is 0 Å². The number of nitrogens with two attached hydrogens (primary N) is 1. The molecule has 0 amide bonds. The molecule has 16 heavy (non-hydrogen) atoms. The predicted molar refractivity (Wildman–Crippen MR) is 61.9 cm³/mol. The van der Waals surface area contributed by atoms with E-state index in [0.717, 1.165) is 19.4 Å². The molecule has 2 aromatic heterocycles. The van der Waals surface area contributed by atoms with Crippen LogP contribution in [0.1, 0.15) is 11.4 Å². The van der Waals surface area contributed by atoms with Crippen LogP contribution in [0.25, 0.3) is 0 Å². The highest BCUT2D eigenvalue weighted by Crippen LogP contribution is 2.04. The van der Waals surface area contributed by atoms with Crippen LogP contribution >= 0.6 is 0 Å². The molecule has 2 aromatic rings. The van der Waals surface area contributed by atoms with E-state index < -0.39 is 0 Å². The zero-order valence-corrected chi connectivity index (χ0v) is 9.50. The van der Waals surface area contributed by atoms with Crippen LogP contribution in [0, 0.1) is 0 Å². The van der Waals surface area contributed by atoms with Crippen molar-refractivity contribution in [3.8, 4) is 0 Å². The van der Waals surface area contributed by atoms with Gasteiger partial charge in [-0.05, 0) is 12.6 Å². The fourth-order valence-electron chi connectivity index (χ4n) is 1.79. The number of imidazole rings is 1. The molecule has 0 atom stereocenters. The summed E-state index contributed by atoms with van der Waals surface area (Å²) in [5.41, 5.74) is 7.98. The third kappa shape index (κ3) is 2.30. The van der Waals surface area contributed by atoms with Gasteiger partial charge in [-0.15, -0.1) is 0 Å². The molecule has 0 aliphatic heterocycles. The number of aryl methyl sites for hydroxylation is 3. The van der Waals surface area contributed by atoms with Crippen LogP contribution in [0.3, 0.4) is 0 Å². The van der Waals surface area contributed by atoms with Crippen LogP contribution in [-0.2, 0) is 26.4 Å². The van der Waals surface area contributed by atoms with Gasteiger partial charge in [0.05, 0.1) is 6.33 Å². The lowest BCUT2D eigenvalue weighted by atomic mass is 10.3. The van der Waals surface area contributed by atoms with E-state index in [9.17, 15) is 0 Å². The van der Waals surface area contributed by atoms with Gasteiger partial charge in [-0.3, -0.25) is 4.68 Å². The number of nitrogens with zero attached hydrogens (tertiary/aromatic N) is 4. The van der Waals surface area contributed by atoms with Gasteiger partial charge >= 0.3 is 0 Å². The van der Waals surface area contributed by atoms with Gasteiger partial charge in [-0.25, -0.2) is 4.98 Å². The van der Waals surface area contributed by atoms with Gasteiger partial charge in [0.2, 0.25) is 0 Å². The van der Waals surface area contributed by atoms with E-state index in [1.165, 1.54) is 11.4 Å². The summed E-state index contributed by atoms with van der Waals surface area (Å²) in [7, 11) is 1.96. The molecule has 0 saturated carbocycles. The second-order valence-electron chi connectivity index (χ2n) is 3.81.